The third kappa shape index (κ3) is 3.57. The SMILES string of the molecule is CCCCCCn1c(=O)c(Cn2cnnc2)c(OC)c2ccccc21. The number of aryl methyl sites for hydroxylation is 1. The van der Waals surface area contributed by atoms with E-state index in [-0.39, 0.29) is 5.56 Å². The molecule has 132 valence electrons. The van der Waals surface area contributed by atoms with Gasteiger partial charge >= 0.3 is 0 Å². The third-order valence-corrected chi connectivity index (χ3v) is 4.46. The molecule has 6 heteroatoms. The molecule has 0 saturated heterocycles. The van der Waals surface area contributed by atoms with Crippen molar-refractivity contribution in [1.82, 2.24) is 19.3 Å². The predicted molar refractivity (Wildman–Crippen MR) is 98.0 cm³/mol. The van der Waals surface area contributed by atoms with E-state index in [9.17, 15) is 4.79 Å². The molecule has 2 heterocycles. The van der Waals surface area contributed by atoms with Gasteiger partial charge in [0.15, 0.2) is 0 Å². The van der Waals surface area contributed by atoms with E-state index < -0.39 is 0 Å². The van der Waals surface area contributed by atoms with E-state index >= 15 is 0 Å². The van der Waals surface area contributed by atoms with Gasteiger partial charge in [-0.3, -0.25) is 4.79 Å². The van der Waals surface area contributed by atoms with E-state index in [1.54, 1.807) is 24.3 Å². The first kappa shape index (κ1) is 17.2. The second-order valence-corrected chi connectivity index (χ2v) is 6.18. The van der Waals surface area contributed by atoms with Crippen molar-refractivity contribution in [2.45, 2.75) is 45.7 Å². The third-order valence-electron chi connectivity index (χ3n) is 4.46. The normalized spacial score (nSPS) is 11.1. The van der Waals surface area contributed by atoms with E-state index in [1.165, 1.54) is 12.8 Å². The Balaban J connectivity index is 2.10. The maximum absolute atomic E-state index is 13.2. The van der Waals surface area contributed by atoms with E-state index in [0.29, 0.717) is 17.9 Å². The first-order valence-electron chi connectivity index (χ1n) is 8.77. The number of hydrogen-bond donors (Lipinski definition) is 0. The predicted octanol–water partition coefficient (Wildman–Crippen LogP) is 3.23. The highest BCUT2D eigenvalue weighted by molar-refractivity contribution is 5.86. The van der Waals surface area contributed by atoms with Crippen LogP contribution in [0.2, 0.25) is 0 Å². The molecule has 0 radical (unpaired) electrons. The van der Waals surface area contributed by atoms with Gasteiger partial charge in [-0.15, -0.1) is 10.2 Å². The van der Waals surface area contributed by atoms with Crippen molar-refractivity contribution in [3.8, 4) is 5.75 Å². The zero-order valence-corrected chi connectivity index (χ0v) is 14.8. The number of para-hydroxylation sites is 1. The second-order valence-electron chi connectivity index (χ2n) is 6.18. The summed E-state index contributed by atoms with van der Waals surface area (Å²) in [5.41, 5.74) is 1.56. The van der Waals surface area contributed by atoms with Gasteiger partial charge in [-0.25, -0.2) is 0 Å². The van der Waals surface area contributed by atoms with Crippen molar-refractivity contribution < 1.29 is 4.74 Å². The molecule has 0 amide bonds. The fraction of sp³-hybridized carbons (Fsp3) is 0.421. The van der Waals surface area contributed by atoms with Crippen LogP contribution < -0.4 is 10.3 Å². The first-order valence-corrected chi connectivity index (χ1v) is 8.77. The monoisotopic (exact) mass is 340 g/mol. The van der Waals surface area contributed by atoms with Gasteiger partial charge in [0.05, 0.1) is 24.7 Å². The van der Waals surface area contributed by atoms with Crippen LogP contribution >= 0.6 is 0 Å². The Morgan fingerprint density at radius 1 is 1.08 bits per heavy atom. The molecule has 0 saturated carbocycles. The molecular formula is C19H24N4O2. The highest BCUT2D eigenvalue weighted by atomic mass is 16.5. The summed E-state index contributed by atoms with van der Waals surface area (Å²) >= 11 is 0. The number of unbranched alkanes of at least 4 members (excludes halogenated alkanes) is 3. The number of aromatic nitrogens is 4. The van der Waals surface area contributed by atoms with Crippen molar-refractivity contribution in [2.24, 2.45) is 0 Å². The van der Waals surface area contributed by atoms with Crippen molar-refractivity contribution >= 4 is 10.9 Å². The fourth-order valence-electron chi connectivity index (χ4n) is 3.21. The molecule has 3 rings (SSSR count). The molecule has 6 nitrogen and oxygen atoms in total. The maximum Gasteiger partial charge on any atom is 0.259 e. The molecule has 0 unspecified atom stereocenters. The Hall–Kier alpha value is -2.63. The molecule has 0 N–H and O–H groups in total. The second kappa shape index (κ2) is 7.96. The molecule has 3 aromatic rings. The summed E-state index contributed by atoms with van der Waals surface area (Å²) in [5.74, 6) is 0.638. The number of fused-ring (bicyclic) bond motifs is 1. The summed E-state index contributed by atoms with van der Waals surface area (Å²) in [6.45, 7) is 3.31. The van der Waals surface area contributed by atoms with Crippen molar-refractivity contribution in [3.05, 3.63) is 52.8 Å². The Bertz CT molecular complexity index is 884. The van der Waals surface area contributed by atoms with Gasteiger partial charge < -0.3 is 13.9 Å². The standard InChI is InChI=1S/C19H24N4O2/c1-3-4-5-8-11-23-17-10-7-6-9-15(17)18(25-2)16(19(23)24)12-22-13-20-21-14-22/h6-7,9-10,13-14H,3-5,8,11-12H2,1-2H3. The van der Waals surface area contributed by atoms with E-state index in [4.69, 9.17) is 4.74 Å². The Morgan fingerprint density at radius 3 is 2.56 bits per heavy atom. The average Bonchev–Trinajstić information content (AvgIpc) is 3.14. The van der Waals surface area contributed by atoms with Crippen LogP contribution in [0.4, 0.5) is 0 Å². The minimum atomic E-state index is 0.000693. The van der Waals surface area contributed by atoms with Gasteiger partial charge in [0.25, 0.3) is 5.56 Å². The number of benzene rings is 1. The topological polar surface area (TPSA) is 61.9 Å². The zero-order chi connectivity index (χ0) is 17.6. The largest absolute Gasteiger partial charge is 0.495 e. The molecular weight excluding hydrogens is 316 g/mol. The van der Waals surface area contributed by atoms with Crippen LogP contribution in [-0.4, -0.2) is 26.4 Å². The number of rotatable bonds is 8. The van der Waals surface area contributed by atoms with Gasteiger partial charge in [-0.1, -0.05) is 38.3 Å². The summed E-state index contributed by atoms with van der Waals surface area (Å²) in [6.07, 6.45) is 7.72. The van der Waals surface area contributed by atoms with Gasteiger partial charge in [-0.05, 0) is 18.6 Å². The van der Waals surface area contributed by atoms with Crippen LogP contribution in [0.1, 0.15) is 38.2 Å². The van der Waals surface area contributed by atoms with Crippen LogP contribution in [0.25, 0.3) is 10.9 Å². The van der Waals surface area contributed by atoms with Crippen molar-refractivity contribution in [1.29, 1.82) is 0 Å². The molecule has 0 atom stereocenters. The Morgan fingerprint density at radius 2 is 1.84 bits per heavy atom. The number of hydrogen-bond acceptors (Lipinski definition) is 4. The molecule has 0 spiro atoms. The molecule has 0 fully saturated rings. The van der Waals surface area contributed by atoms with Gasteiger partial charge in [0.1, 0.15) is 18.4 Å². The molecule has 0 aliphatic carbocycles. The molecule has 0 aliphatic heterocycles. The maximum atomic E-state index is 13.2. The lowest BCUT2D eigenvalue weighted by Gasteiger charge is -2.17. The van der Waals surface area contributed by atoms with Gasteiger partial charge in [0, 0.05) is 11.9 Å². The smallest absolute Gasteiger partial charge is 0.259 e. The first-order chi connectivity index (χ1) is 12.3. The average molecular weight is 340 g/mol. The van der Waals surface area contributed by atoms with Crippen molar-refractivity contribution in [2.75, 3.05) is 7.11 Å². The lowest BCUT2D eigenvalue weighted by molar-refractivity contribution is 0.410. The fourth-order valence-corrected chi connectivity index (χ4v) is 3.21. The van der Waals surface area contributed by atoms with Gasteiger partial charge in [-0.2, -0.15) is 0 Å². The van der Waals surface area contributed by atoms with Gasteiger partial charge in [0.2, 0.25) is 0 Å². The zero-order valence-electron chi connectivity index (χ0n) is 14.8. The Labute approximate surface area is 147 Å². The van der Waals surface area contributed by atoms with Crippen LogP contribution in [0.15, 0.2) is 41.7 Å². The van der Waals surface area contributed by atoms with Crippen LogP contribution in [-0.2, 0) is 13.1 Å². The van der Waals surface area contributed by atoms with Crippen LogP contribution in [0, 0.1) is 0 Å². The number of ether oxygens (including phenoxy) is 1. The molecule has 0 aliphatic rings. The quantitative estimate of drug-likeness (QED) is 0.591. The summed E-state index contributed by atoms with van der Waals surface area (Å²) in [7, 11) is 1.61. The minimum absolute atomic E-state index is 0.000693. The van der Waals surface area contributed by atoms with Crippen molar-refractivity contribution in [3.63, 3.8) is 0 Å². The molecule has 0 bridgehead atoms. The highest BCUT2D eigenvalue weighted by Gasteiger charge is 2.17. The summed E-state index contributed by atoms with van der Waals surface area (Å²) in [4.78, 5) is 13.2. The Kier molecular flexibility index (Phi) is 5.48. The van der Waals surface area contributed by atoms with Crippen LogP contribution in [0.3, 0.4) is 0 Å². The minimum Gasteiger partial charge on any atom is -0.495 e. The van der Waals surface area contributed by atoms with E-state index in [1.807, 2.05) is 28.8 Å². The lowest BCUT2D eigenvalue weighted by atomic mass is 10.1. The summed E-state index contributed by atoms with van der Waals surface area (Å²) in [5, 5.41) is 8.60. The number of methoxy groups -OCH3 is 1. The number of nitrogens with zero attached hydrogens (tertiary/aromatic N) is 4. The van der Waals surface area contributed by atoms with Crippen LogP contribution in [0.5, 0.6) is 5.75 Å². The summed E-state index contributed by atoms with van der Waals surface area (Å²) < 4.78 is 9.29. The highest BCUT2D eigenvalue weighted by Crippen LogP contribution is 2.28. The molecule has 25 heavy (non-hydrogen) atoms. The summed E-state index contributed by atoms with van der Waals surface area (Å²) in [6, 6.07) is 7.93. The molecule has 2 aromatic heterocycles. The van der Waals surface area contributed by atoms with E-state index in [0.717, 1.165) is 30.3 Å². The lowest BCUT2D eigenvalue weighted by Crippen LogP contribution is -2.26. The van der Waals surface area contributed by atoms with E-state index in [2.05, 4.69) is 17.1 Å². The number of pyridine rings is 1. The molecule has 1 aromatic carbocycles.